The fraction of sp³-hybridized carbons (Fsp3) is 0.625. The zero-order chi connectivity index (χ0) is 13.3. The number of ether oxygens (including phenoxy) is 1. The maximum Gasteiger partial charge on any atom is 0.123 e. The third-order valence-corrected chi connectivity index (χ3v) is 4.77. The fourth-order valence-corrected chi connectivity index (χ4v) is 3.33. The van der Waals surface area contributed by atoms with Gasteiger partial charge in [-0.1, -0.05) is 18.2 Å². The number of hydrogen-bond acceptors (Lipinski definition) is 3. The standard InChI is InChI=1S/C16H24N2O/c1-16(14-7-8-14)12-17-9-10-18(16)11-13-5-3-4-6-15(13)19-2/h3-6,14,17H,7-12H2,1-2H3. The Bertz CT molecular complexity index is 444. The van der Waals surface area contributed by atoms with Crippen molar-refractivity contribution in [2.45, 2.75) is 31.8 Å². The van der Waals surface area contributed by atoms with Crippen LogP contribution in [-0.2, 0) is 6.54 Å². The molecule has 1 aromatic carbocycles. The normalized spacial score (nSPS) is 28.3. The number of benzene rings is 1. The van der Waals surface area contributed by atoms with E-state index in [1.54, 1.807) is 7.11 Å². The highest BCUT2D eigenvalue weighted by molar-refractivity contribution is 5.33. The molecule has 1 aromatic rings. The second-order valence-electron chi connectivity index (χ2n) is 6.04. The van der Waals surface area contributed by atoms with Crippen LogP contribution >= 0.6 is 0 Å². The van der Waals surface area contributed by atoms with Gasteiger partial charge in [0.25, 0.3) is 0 Å². The van der Waals surface area contributed by atoms with Crippen molar-refractivity contribution in [2.24, 2.45) is 5.92 Å². The molecule has 19 heavy (non-hydrogen) atoms. The van der Waals surface area contributed by atoms with Gasteiger partial charge in [0, 0.05) is 37.3 Å². The molecule has 1 aliphatic carbocycles. The lowest BCUT2D eigenvalue weighted by atomic mass is 9.90. The van der Waals surface area contributed by atoms with Crippen molar-refractivity contribution in [3.8, 4) is 5.75 Å². The van der Waals surface area contributed by atoms with E-state index in [2.05, 4.69) is 35.3 Å². The molecule has 0 amide bonds. The predicted octanol–water partition coefficient (Wildman–Crippen LogP) is 2.27. The van der Waals surface area contributed by atoms with E-state index in [4.69, 9.17) is 4.74 Å². The Kier molecular flexibility index (Phi) is 3.50. The van der Waals surface area contributed by atoms with E-state index in [0.29, 0.717) is 5.54 Å². The molecule has 0 bridgehead atoms. The number of para-hydroxylation sites is 1. The van der Waals surface area contributed by atoms with Gasteiger partial charge in [0.05, 0.1) is 7.11 Å². The van der Waals surface area contributed by atoms with Crippen molar-refractivity contribution < 1.29 is 4.74 Å². The molecule has 104 valence electrons. The highest BCUT2D eigenvalue weighted by Gasteiger charge is 2.46. The minimum Gasteiger partial charge on any atom is -0.496 e. The molecule has 0 radical (unpaired) electrons. The van der Waals surface area contributed by atoms with Crippen molar-refractivity contribution >= 4 is 0 Å². The summed E-state index contributed by atoms with van der Waals surface area (Å²) in [5.41, 5.74) is 1.62. The lowest BCUT2D eigenvalue weighted by Gasteiger charge is -2.46. The molecule has 1 aliphatic heterocycles. The summed E-state index contributed by atoms with van der Waals surface area (Å²) in [7, 11) is 1.76. The minimum atomic E-state index is 0.319. The molecular weight excluding hydrogens is 236 g/mol. The summed E-state index contributed by atoms with van der Waals surface area (Å²) < 4.78 is 5.49. The molecule has 1 atom stereocenters. The van der Waals surface area contributed by atoms with Crippen LogP contribution in [0.15, 0.2) is 24.3 Å². The average molecular weight is 260 g/mol. The first kappa shape index (κ1) is 12.9. The molecule has 2 aliphatic rings. The van der Waals surface area contributed by atoms with E-state index < -0.39 is 0 Å². The highest BCUT2D eigenvalue weighted by Crippen LogP contribution is 2.44. The van der Waals surface area contributed by atoms with Gasteiger partial charge in [-0.05, 0) is 31.7 Å². The monoisotopic (exact) mass is 260 g/mol. The number of rotatable bonds is 4. The smallest absolute Gasteiger partial charge is 0.123 e. The van der Waals surface area contributed by atoms with Crippen LogP contribution in [0.3, 0.4) is 0 Å². The summed E-state index contributed by atoms with van der Waals surface area (Å²) in [4.78, 5) is 2.65. The average Bonchev–Trinajstić information content (AvgIpc) is 3.27. The SMILES string of the molecule is COc1ccccc1CN1CCNCC1(C)C1CC1. The molecule has 1 N–H and O–H groups in total. The molecule has 0 spiro atoms. The summed E-state index contributed by atoms with van der Waals surface area (Å²) >= 11 is 0. The first-order valence-corrected chi connectivity index (χ1v) is 7.32. The Morgan fingerprint density at radius 1 is 1.37 bits per heavy atom. The molecule has 1 unspecified atom stereocenters. The lowest BCUT2D eigenvalue weighted by molar-refractivity contribution is 0.0478. The molecule has 2 fully saturated rings. The zero-order valence-corrected chi connectivity index (χ0v) is 12.0. The van der Waals surface area contributed by atoms with Crippen LogP contribution in [0.1, 0.15) is 25.3 Å². The van der Waals surface area contributed by atoms with E-state index >= 15 is 0 Å². The van der Waals surface area contributed by atoms with Crippen LogP contribution in [0.4, 0.5) is 0 Å². The molecule has 3 nitrogen and oxygen atoms in total. The fourth-order valence-electron chi connectivity index (χ4n) is 3.33. The summed E-state index contributed by atoms with van der Waals surface area (Å²) in [5, 5.41) is 3.57. The van der Waals surface area contributed by atoms with Crippen LogP contribution in [0, 0.1) is 5.92 Å². The van der Waals surface area contributed by atoms with Crippen molar-refractivity contribution in [3.63, 3.8) is 0 Å². The van der Waals surface area contributed by atoms with Crippen LogP contribution < -0.4 is 10.1 Å². The molecule has 3 heteroatoms. The van der Waals surface area contributed by atoms with E-state index in [1.165, 1.54) is 18.4 Å². The molecular formula is C16H24N2O. The lowest BCUT2D eigenvalue weighted by Crippen LogP contribution is -2.60. The molecule has 0 aromatic heterocycles. The van der Waals surface area contributed by atoms with Crippen molar-refractivity contribution in [1.29, 1.82) is 0 Å². The maximum absolute atomic E-state index is 5.49. The number of methoxy groups -OCH3 is 1. The third-order valence-electron chi connectivity index (χ3n) is 4.77. The maximum atomic E-state index is 5.49. The van der Waals surface area contributed by atoms with Crippen molar-refractivity contribution in [1.82, 2.24) is 10.2 Å². The van der Waals surface area contributed by atoms with Gasteiger partial charge >= 0.3 is 0 Å². The highest BCUT2D eigenvalue weighted by atomic mass is 16.5. The zero-order valence-electron chi connectivity index (χ0n) is 12.0. The predicted molar refractivity (Wildman–Crippen MR) is 77.4 cm³/mol. The molecule has 1 heterocycles. The number of hydrogen-bond donors (Lipinski definition) is 1. The Balaban J connectivity index is 1.80. The van der Waals surface area contributed by atoms with E-state index in [0.717, 1.165) is 37.8 Å². The number of piperazine rings is 1. The van der Waals surface area contributed by atoms with Crippen LogP contribution in [-0.4, -0.2) is 37.2 Å². The van der Waals surface area contributed by atoms with Gasteiger partial charge in [-0.25, -0.2) is 0 Å². The van der Waals surface area contributed by atoms with E-state index in [1.807, 2.05) is 6.07 Å². The Hall–Kier alpha value is -1.06. The van der Waals surface area contributed by atoms with Gasteiger partial charge in [0.15, 0.2) is 0 Å². The Morgan fingerprint density at radius 3 is 2.89 bits per heavy atom. The summed E-state index contributed by atoms with van der Waals surface area (Å²) in [6.07, 6.45) is 2.78. The second kappa shape index (κ2) is 5.14. The van der Waals surface area contributed by atoms with Gasteiger partial charge in [0.1, 0.15) is 5.75 Å². The Morgan fingerprint density at radius 2 is 2.16 bits per heavy atom. The number of nitrogens with one attached hydrogen (secondary N) is 1. The van der Waals surface area contributed by atoms with Gasteiger partial charge in [-0.2, -0.15) is 0 Å². The Labute approximate surface area is 115 Å². The number of nitrogens with zero attached hydrogens (tertiary/aromatic N) is 1. The van der Waals surface area contributed by atoms with Crippen LogP contribution in [0.25, 0.3) is 0 Å². The third kappa shape index (κ3) is 2.49. The topological polar surface area (TPSA) is 24.5 Å². The van der Waals surface area contributed by atoms with Crippen LogP contribution in [0.5, 0.6) is 5.75 Å². The van der Waals surface area contributed by atoms with Gasteiger partial charge < -0.3 is 10.1 Å². The molecule has 3 rings (SSSR count). The summed E-state index contributed by atoms with van der Waals surface area (Å²) in [6.45, 7) is 6.76. The van der Waals surface area contributed by atoms with E-state index in [-0.39, 0.29) is 0 Å². The van der Waals surface area contributed by atoms with Gasteiger partial charge in [-0.3, -0.25) is 4.90 Å². The van der Waals surface area contributed by atoms with Gasteiger partial charge in [0.2, 0.25) is 0 Å². The van der Waals surface area contributed by atoms with Gasteiger partial charge in [-0.15, -0.1) is 0 Å². The van der Waals surface area contributed by atoms with Crippen molar-refractivity contribution in [3.05, 3.63) is 29.8 Å². The second-order valence-corrected chi connectivity index (χ2v) is 6.04. The first-order valence-electron chi connectivity index (χ1n) is 7.32. The van der Waals surface area contributed by atoms with E-state index in [9.17, 15) is 0 Å². The summed E-state index contributed by atoms with van der Waals surface area (Å²) in [5.74, 6) is 1.88. The van der Waals surface area contributed by atoms with Crippen molar-refractivity contribution in [2.75, 3.05) is 26.7 Å². The largest absolute Gasteiger partial charge is 0.496 e. The minimum absolute atomic E-state index is 0.319. The first-order chi connectivity index (χ1) is 9.24. The molecule has 1 saturated carbocycles. The molecule has 1 saturated heterocycles. The quantitative estimate of drug-likeness (QED) is 0.899. The summed E-state index contributed by atoms with van der Waals surface area (Å²) in [6, 6.07) is 8.40. The van der Waals surface area contributed by atoms with Crippen LogP contribution in [0.2, 0.25) is 0 Å².